The molecule has 0 fully saturated rings. The lowest BCUT2D eigenvalue weighted by atomic mass is 10.2. The van der Waals surface area contributed by atoms with E-state index in [0.29, 0.717) is 17.0 Å². The van der Waals surface area contributed by atoms with Gasteiger partial charge in [-0.25, -0.2) is 13.1 Å². The Hall–Kier alpha value is -3.33. The number of benzene rings is 2. The lowest BCUT2D eigenvalue weighted by molar-refractivity contribution is 0.0942. The monoisotopic (exact) mass is 400 g/mol. The van der Waals surface area contributed by atoms with Crippen LogP contribution in [0, 0.1) is 0 Å². The summed E-state index contributed by atoms with van der Waals surface area (Å²) >= 11 is 0. The third kappa shape index (κ3) is 4.68. The molecule has 0 saturated carbocycles. The van der Waals surface area contributed by atoms with Gasteiger partial charge in [0.2, 0.25) is 10.0 Å². The Labute approximate surface area is 163 Å². The van der Waals surface area contributed by atoms with E-state index in [4.69, 9.17) is 4.74 Å². The maximum Gasteiger partial charge on any atom is 0.275 e. The van der Waals surface area contributed by atoms with E-state index in [1.807, 2.05) is 30.3 Å². The summed E-state index contributed by atoms with van der Waals surface area (Å²) < 4.78 is 32.3. The Balaban J connectivity index is 1.79. The van der Waals surface area contributed by atoms with E-state index in [2.05, 4.69) is 15.1 Å². The molecule has 3 rings (SSSR count). The van der Waals surface area contributed by atoms with Gasteiger partial charge in [-0.15, -0.1) is 0 Å². The first-order chi connectivity index (χ1) is 13.4. The summed E-state index contributed by atoms with van der Waals surface area (Å²) in [5.74, 6) is -0.0930. The predicted molar refractivity (Wildman–Crippen MR) is 106 cm³/mol. The summed E-state index contributed by atoms with van der Waals surface area (Å²) in [4.78, 5) is 12.6. The Bertz CT molecular complexity index is 1080. The number of nitrogens with zero attached hydrogens (tertiary/aromatic N) is 2. The number of hydrogen-bond donors (Lipinski definition) is 2. The van der Waals surface area contributed by atoms with Gasteiger partial charge in [-0.2, -0.15) is 5.10 Å². The molecule has 2 N–H and O–H groups in total. The highest BCUT2D eigenvalue weighted by Crippen LogP contribution is 2.20. The van der Waals surface area contributed by atoms with Crippen molar-refractivity contribution >= 4 is 21.6 Å². The van der Waals surface area contributed by atoms with Crippen LogP contribution in [0.4, 0.5) is 5.69 Å². The Morgan fingerprint density at radius 3 is 2.46 bits per heavy atom. The van der Waals surface area contributed by atoms with Crippen LogP contribution < -0.4 is 14.8 Å². The molecule has 0 unspecified atom stereocenters. The molecule has 9 heteroatoms. The van der Waals surface area contributed by atoms with Crippen LogP contribution in [0.3, 0.4) is 0 Å². The molecule has 2 aromatic carbocycles. The van der Waals surface area contributed by atoms with Crippen LogP contribution in [0.2, 0.25) is 0 Å². The average Bonchev–Trinajstić information content (AvgIpc) is 3.11. The first-order valence-electron chi connectivity index (χ1n) is 8.40. The molecule has 28 heavy (non-hydrogen) atoms. The first-order valence-corrected chi connectivity index (χ1v) is 10.3. The molecule has 8 nitrogen and oxygen atoms in total. The average molecular weight is 400 g/mol. The number of rotatable bonds is 7. The second-order valence-corrected chi connectivity index (χ2v) is 7.79. The molecule has 0 atom stereocenters. The first kappa shape index (κ1) is 19.4. The van der Waals surface area contributed by atoms with E-state index in [0.717, 1.165) is 11.9 Å². The molecule has 146 valence electrons. The van der Waals surface area contributed by atoms with Crippen LogP contribution in [0.1, 0.15) is 16.1 Å². The topological polar surface area (TPSA) is 102 Å². The fraction of sp³-hybridized carbons (Fsp3) is 0.158. The second-order valence-electron chi connectivity index (χ2n) is 6.04. The smallest absolute Gasteiger partial charge is 0.275 e. The lowest BCUT2D eigenvalue weighted by Crippen LogP contribution is -2.24. The fourth-order valence-corrected chi connectivity index (χ4v) is 3.21. The number of ether oxygens (including phenoxy) is 1. The molecular formula is C19H20N4O4S. The normalized spacial score (nSPS) is 11.1. The van der Waals surface area contributed by atoms with E-state index in [9.17, 15) is 13.2 Å². The molecule has 0 spiro atoms. The van der Waals surface area contributed by atoms with E-state index >= 15 is 0 Å². The van der Waals surface area contributed by atoms with Gasteiger partial charge < -0.3 is 10.1 Å². The van der Waals surface area contributed by atoms with Crippen LogP contribution in [0.25, 0.3) is 5.69 Å². The maximum absolute atomic E-state index is 12.6. The van der Waals surface area contributed by atoms with Gasteiger partial charge in [-0.3, -0.25) is 9.52 Å². The molecule has 3 aromatic rings. The summed E-state index contributed by atoms with van der Waals surface area (Å²) in [6.45, 7) is 0.124. The van der Waals surface area contributed by atoms with Gasteiger partial charge in [0.05, 0.1) is 30.9 Å². The molecule has 0 aliphatic heterocycles. The zero-order chi connectivity index (χ0) is 20.1. The highest BCUT2D eigenvalue weighted by Gasteiger charge is 2.18. The van der Waals surface area contributed by atoms with Crippen LogP contribution in [-0.2, 0) is 16.6 Å². The molecule has 0 saturated heterocycles. The lowest BCUT2D eigenvalue weighted by Gasteiger charge is -2.11. The maximum atomic E-state index is 12.6. The van der Waals surface area contributed by atoms with Gasteiger partial charge in [0.15, 0.2) is 11.4 Å². The minimum absolute atomic E-state index is 0.124. The largest absolute Gasteiger partial charge is 0.493 e. The van der Waals surface area contributed by atoms with E-state index in [1.165, 1.54) is 7.11 Å². The SMILES string of the molecule is COc1cn(-c2ccccc2)nc1C(=O)NCc1ccccc1NS(C)(=O)=O. The summed E-state index contributed by atoms with van der Waals surface area (Å²) in [6, 6.07) is 16.2. The van der Waals surface area contributed by atoms with Crippen LogP contribution in [0.5, 0.6) is 5.75 Å². The van der Waals surface area contributed by atoms with Crippen molar-refractivity contribution in [3.63, 3.8) is 0 Å². The van der Waals surface area contributed by atoms with E-state index < -0.39 is 15.9 Å². The van der Waals surface area contributed by atoms with Crippen LogP contribution in [0.15, 0.2) is 60.8 Å². The number of carbonyl (C=O) groups is 1. The van der Waals surface area contributed by atoms with Gasteiger partial charge in [-0.1, -0.05) is 36.4 Å². The number of anilines is 1. The molecule has 0 bridgehead atoms. The van der Waals surface area contributed by atoms with Crippen molar-refractivity contribution in [2.24, 2.45) is 0 Å². The Kier molecular flexibility index (Phi) is 5.65. The Morgan fingerprint density at radius 1 is 1.11 bits per heavy atom. The van der Waals surface area contributed by atoms with Gasteiger partial charge in [0.1, 0.15) is 0 Å². The minimum Gasteiger partial charge on any atom is -0.493 e. The van der Waals surface area contributed by atoms with Gasteiger partial charge in [0, 0.05) is 6.54 Å². The van der Waals surface area contributed by atoms with Crippen molar-refractivity contribution in [2.75, 3.05) is 18.1 Å². The van der Waals surface area contributed by atoms with Crippen LogP contribution >= 0.6 is 0 Å². The molecule has 0 aliphatic rings. The highest BCUT2D eigenvalue weighted by atomic mass is 32.2. The fourth-order valence-electron chi connectivity index (χ4n) is 2.61. The molecule has 0 radical (unpaired) electrons. The third-order valence-corrected chi connectivity index (χ3v) is 4.48. The number of methoxy groups -OCH3 is 1. The van der Waals surface area contributed by atoms with Crippen molar-refractivity contribution in [1.82, 2.24) is 15.1 Å². The number of amides is 1. The molecule has 1 amide bonds. The standard InChI is InChI=1S/C19H20N4O4S/c1-27-17-13-23(15-9-4-3-5-10-15)21-18(17)19(24)20-12-14-8-6-7-11-16(14)22-28(2,25)26/h3-11,13,22H,12H2,1-2H3,(H,20,24). The third-order valence-electron chi connectivity index (χ3n) is 3.89. The zero-order valence-electron chi connectivity index (χ0n) is 15.4. The Morgan fingerprint density at radius 2 is 1.79 bits per heavy atom. The van der Waals surface area contributed by atoms with Crippen molar-refractivity contribution in [1.29, 1.82) is 0 Å². The van der Waals surface area contributed by atoms with Crippen LogP contribution in [-0.4, -0.2) is 37.5 Å². The van der Waals surface area contributed by atoms with Gasteiger partial charge >= 0.3 is 0 Å². The van der Waals surface area contributed by atoms with Crippen molar-refractivity contribution in [3.05, 3.63) is 72.1 Å². The number of sulfonamides is 1. The molecule has 1 heterocycles. The molecule has 1 aromatic heterocycles. The summed E-state index contributed by atoms with van der Waals surface area (Å²) in [5, 5.41) is 7.06. The highest BCUT2D eigenvalue weighted by molar-refractivity contribution is 7.92. The number of nitrogens with one attached hydrogen (secondary N) is 2. The number of aromatic nitrogens is 2. The van der Waals surface area contributed by atoms with E-state index in [1.54, 1.807) is 35.1 Å². The molecular weight excluding hydrogens is 380 g/mol. The van der Waals surface area contributed by atoms with Gasteiger partial charge in [0.25, 0.3) is 5.91 Å². The second kappa shape index (κ2) is 8.13. The van der Waals surface area contributed by atoms with E-state index in [-0.39, 0.29) is 12.2 Å². The van der Waals surface area contributed by atoms with Gasteiger partial charge in [-0.05, 0) is 23.8 Å². The number of para-hydroxylation sites is 2. The van der Waals surface area contributed by atoms with Crippen molar-refractivity contribution in [3.8, 4) is 11.4 Å². The summed E-state index contributed by atoms with van der Waals surface area (Å²) in [6.07, 6.45) is 2.70. The summed E-state index contributed by atoms with van der Waals surface area (Å²) in [7, 11) is -1.96. The number of carbonyl (C=O) groups excluding carboxylic acids is 1. The minimum atomic E-state index is -3.43. The quantitative estimate of drug-likeness (QED) is 0.633. The zero-order valence-corrected chi connectivity index (χ0v) is 16.2. The number of hydrogen-bond acceptors (Lipinski definition) is 5. The van der Waals surface area contributed by atoms with Crippen molar-refractivity contribution < 1.29 is 17.9 Å². The molecule has 0 aliphatic carbocycles. The summed E-state index contributed by atoms with van der Waals surface area (Å²) in [5.41, 5.74) is 1.97. The van der Waals surface area contributed by atoms with Crippen molar-refractivity contribution in [2.45, 2.75) is 6.54 Å². The predicted octanol–water partition coefficient (Wildman–Crippen LogP) is 2.18.